The zero-order valence-corrected chi connectivity index (χ0v) is 19.7. The number of aryl methyl sites for hydroxylation is 1. The molecule has 1 aromatic carbocycles. The predicted octanol–water partition coefficient (Wildman–Crippen LogP) is 2.60. The molecule has 178 valence electrons. The zero-order chi connectivity index (χ0) is 23.9. The quantitative estimate of drug-likeness (QED) is 0.717. The molecule has 34 heavy (non-hydrogen) atoms. The number of hydrogen-bond acceptors (Lipinski definition) is 6. The second-order valence-electron chi connectivity index (χ2n) is 8.82. The highest BCUT2D eigenvalue weighted by molar-refractivity contribution is 7.89. The van der Waals surface area contributed by atoms with Crippen molar-refractivity contribution in [3.05, 3.63) is 41.6 Å². The van der Waals surface area contributed by atoms with E-state index >= 15 is 0 Å². The first-order valence-corrected chi connectivity index (χ1v) is 13.0. The molecule has 1 aromatic heterocycles. The molecule has 1 unspecified atom stereocenters. The highest BCUT2D eigenvalue weighted by Gasteiger charge is 2.34. The number of carbonyl (C=O) groups is 2. The molecule has 1 N–H and O–H groups in total. The van der Waals surface area contributed by atoms with E-state index < -0.39 is 15.9 Å². The normalized spacial score (nSPS) is 21.1. The number of anilines is 1. The first-order chi connectivity index (χ1) is 16.3. The molecule has 11 heteroatoms. The highest BCUT2D eigenvalue weighted by Crippen LogP contribution is 2.28. The summed E-state index contributed by atoms with van der Waals surface area (Å²) in [6, 6.07) is 7.56. The Hall–Kier alpha value is -3.18. The van der Waals surface area contributed by atoms with Crippen molar-refractivity contribution in [3.8, 4) is 0 Å². The number of nitrogens with one attached hydrogen (secondary N) is 1. The fourth-order valence-electron chi connectivity index (χ4n) is 4.61. The van der Waals surface area contributed by atoms with Crippen molar-refractivity contribution in [2.75, 3.05) is 18.4 Å². The summed E-state index contributed by atoms with van der Waals surface area (Å²) in [5.74, 6) is -0.423. The summed E-state index contributed by atoms with van der Waals surface area (Å²) >= 11 is 0. The van der Waals surface area contributed by atoms with Crippen LogP contribution in [-0.2, 0) is 14.8 Å². The van der Waals surface area contributed by atoms with E-state index in [1.165, 1.54) is 33.3 Å². The molecule has 3 aliphatic rings. The monoisotopic (exact) mass is 482 g/mol. The lowest BCUT2D eigenvalue weighted by atomic mass is 10.1. The molecule has 0 spiro atoms. The zero-order valence-electron chi connectivity index (χ0n) is 18.9. The Kier molecular flexibility index (Phi) is 5.90. The molecule has 2 aliphatic heterocycles. The van der Waals surface area contributed by atoms with Crippen LogP contribution in [-0.4, -0.2) is 59.1 Å². The van der Waals surface area contributed by atoms with Gasteiger partial charge in [-0.15, -0.1) is 0 Å². The van der Waals surface area contributed by atoms with Crippen LogP contribution in [0.15, 0.2) is 45.2 Å². The van der Waals surface area contributed by atoms with E-state index in [1.54, 1.807) is 13.0 Å². The number of piperidine rings is 1. The van der Waals surface area contributed by atoms with Gasteiger partial charge in [-0.3, -0.25) is 9.59 Å². The van der Waals surface area contributed by atoms with Crippen LogP contribution in [0.4, 0.5) is 5.82 Å². The number of benzene rings is 1. The van der Waals surface area contributed by atoms with Gasteiger partial charge in [0.25, 0.3) is 17.8 Å². The van der Waals surface area contributed by atoms with E-state index in [9.17, 15) is 18.0 Å². The van der Waals surface area contributed by atoms with Gasteiger partial charge in [-0.1, -0.05) is 6.42 Å². The van der Waals surface area contributed by atoms with Crippen molar-refractivity contribution >= 4 is 39.3 Å². The number of aromatic nitrogens is 2. The third-order valence-corrected chi connectivity index (χ3v) is 8.32. The van der Waals surface area contributed by atoms with E-state index in [0.29, 0.717) is 30.2 Å². The van der Waals surface area contributed by atoms with E-state index in [4.69, 9.17) is 0 Å². The average Bonchev–Trinajstić information content (AvgIpc) is 3.46. The topological polar surface area (TPSA) is 126 Å². The summed E-state index contributed by atoms with van der Waals surface area (Å²) in [6.45, 7) is 2.81. The van der Waals surface area contributed by atoms with Crippen molar-refractivity contribution in [3.63, 3.8) is 0 Å². The maximum absolute atomic E-state index is 12.9. The van der Waals surface area contributed by atoms with E-state index in [-0.39, 0.29) is 22.7 Å². The second-order valence-corrected chi connectivity index (χ2v) is 10.8. The summed E-state index contributed by atoms with van der Waals surface area (Å²) in [5, 5.41) is 7.14. The highest BCUT2D eigenvalue weighted by atomic mass is 32.2. The molecule has 1 aliphatic carbocycles. The first kappa shape index (κ1) is 22.6. The van der Waals surface area contributed by atoms with Gasteiger partial charge in [0.05, 0.1) is 16.5 Å². The average molecular weight is 483 g/mol. The largest absolute Gasteiger partial charge is 0.306 e. The standard InChI is InChI=1S/C23H26N6O4S/c1-15-14-20(29(27-15)23-24-19-7-5-6-18(19)22(31)26-23)25-21(30)16-8-10-17(11-9-16)34(32,33)28-12-3-2-4-13-28/h8-11,14,18H,2-7,12-13H2,1H3,(H,25,30). The van der Waals surface area contributed by atoms with E-state index in [1.807, 2.05) is 0 Å². The summed E-state index contributed by atoms with van der Waals surface area (Å²) in [4.78, 5) is 34.1. The van der Waals surface area contributed by atoms with Gasteiger partial charge in [0.2, 0.25) is 10.0 Å². The van der Waals surface area contributed by atoms with Crippen LogP contribution in [0.2, 0.25) is 0 Å². The molecule has 1 saturated carbocycles. The van der Waals surface area contributed by atoms with Gasteiger partial charge in [-0.05, 0) is 63.3 Å². The molecular weight excluding hydrogens is 456 g/mol. The van der Waals surface area contributed by atoms with Gasteiger partial charge in [0, 0.05) is 30.4 Å². The summed E-state index contributed by atoms with van der Waals surface area (Å²) in [5.41, 5.74) is 1.74. The molecule has 3 heterocycles. The lowest BCUT2D eigenvalue weighted by Gasteiger charge is -2.25. The van der Waals surface area contributed by atoms with E-state index in [0.717, 1.165) is 44.2 Å². The number of sulfonamides is 1. The van der Waals surface area contributed by atoms with Gasteiger partial charge in [-0.2, -0.15) is 19.1 Å². The van der Waals surface area contributed by atoms with Crippen LogP contribution in [0.25, 0.3) is 0 Å². The summed E-state index contributed by atoms with van der Waals surface area (Å²) in [6.07, 6.45) is 5.17. The minimum atomic E-state index is -3.57. The van der Waals surface area contributed by atoms with Crippen LogP contribution in [0, 0.1) is 12.8 Å². The Morgan fingerprint density at radius 3 is 2.53 bits per heavy atom. The maximum Gasteiger partial charge on any atom is 0.257 e. The molecule has 2 amide bonds. The van der Waals surface area contributed by atoms with Crippen molar-refractivity contribution < 1.29 is 18.0 Å². The molecule has 10 nitrogen and oxygen atoms in total. The van der Waals surface area contributed by atoms with Crippen LogP contribution < -0.4 is 5.32 Å². The van der Waals surface area contributed by atoms with Crippen LogP contribution in [0.1, 0.15) is 54.6 Å². The fraction of sp³-hybridized carbons (Fsp3) is 0.435. The molecule has 0 radical (unpaired) electrons. The van der Waals surface area contributed by atoms with Crippen LogP contribution in [0.3, 0.4) is 0 Å². The predicted molar refractivity (Wildman–Crippen MR) is 127 cm³/mol. The number of fused-ring (bicyclic) bond motifs is 1. The van der Waals surface area contributed by atoms with Gasteiger partial charge in [0.15, 0.2) is 0 Å². The van der Waals surface area contributed by atoms with Crippen molar-refractivity contribution in [2.45, 2.75) is 50.3 Å². The molecule has 0 bridgehead atoms. The number of carbonyl (C=O) groups excluding carboxylic acids is 2. The molecular formula is C23H26N6O4S. The molecule has 5 rings (SSSR count). The Morgan fingerprint density at radius 1 is 1.06 bits per heavy atom. The molecule has 2 aromatic rings. The lowest BCUT2D eigenvalue weighted by Crippen LogP contribution is -2.35. The van der Waals surface area contributed by atoms with Crippen LogP contribution in [0.5, 0.6) is 0 Å². The van der Waals surface area contributed by atoms with Gasteiger partial charge in [0.1, 0.15) is 5.82 Å². The fourth-order valence-corrected chi connectivity index (χ4v) is 6.13. The number of nitrogens with zero attached hydrogens (tertiary/aromatic N) is 5. The Labute approximate surface area is 197 Å². The first-order valence-electron chi connectivity index (χ1n) is 11.5. The third kappa shape index (κ3) is 4.21. The minimum Gasteiger partial charge on any atom is -0.306 e. The number of rotatable bonds is 4. The van der Waals surface area contributed by atoms with E-state index in [2.05, 4.69) is 20.4 Å². The van der Waals surface area contributed by atoms with Gasteiger partial charge in [-0.25, -0.2) is 13.4 Å². The van der Waals surface area contributed by atoms with Crippen molar-refractivity contribution in [2.24, 2.45) is 15.9 Å². The SMILES string of the molecule is Cc1cc(NC(=O)c2ccc(S(=O)(=O)N3CCCCC3)cc2)n(C2=NC(=O)C3CCCC3=N2)n1. The van der Waals surface area contributed by atoms with Gasteiger partial charge >= 0.3 is 0 Å². The smallest absolute Gasteiger partial charge is 0.257 e. The Bertz CT molecular complexity index is 1300. The Balaban J connectivity index is 1.35. The molecule has 1 atom stereocenters. The number of hydrogen-bond donors (Lipinski definition) is 1. The second kappa shape index (κ2) is 8.88. The Morgan fingerprint density at radius 2 is 1.79 bits per heavy atom. The van der Waals surface area contributed by atoms with Crippen molar-refractivity contribution in [1.82, 2.24) is 14.1 Å². The lowest BCUT2D eigenvalue weighted by molar-refractivity contribution is -0.119. The number of amides is 2. The van der Waals surface area contributed by atoms with Gasteiger partial charge < -0.3 is 5.32 Å². The van der Waals surface area contributed by atoms with Crippen molar-refractivity contribution in [1.29, 1.82) is 0 Å². The number of aliphatic imine (C=N–C) groups is 2. The third-order valence-electron chi connectivity index (χ3n) is 6.41. The van der Waals surface area contributed by atoms with Crippen LogP contribution >= 0.6 is 0 Å². The molecule has 2 fully saturated rings. The maximum atomic E-state index is 12.9. The summed E-state index contributed by atoms with van der Waals surface area (Å²) in [7, 11) is -3.57. The molecule has 1 saturated heterocycles. The summed E-state index contributed by atoms with van der Waals surface area (Å²) < 4.78 is 28.6. The minimum absolute atomic E-state index is 0.143.